The van der Waals surface area contributed by atoms with Crippen LogP contribution in [0.5, 0.6) is 0 Å². The van der Waals surface area contributed by atoms with Crippen molar-refractivity contribution in [1.29, 1.82) is 0 Å². The number of aromatic nitrogens is 1. The second kappa shape index (κ2) is 11.0. The molecule has 2 heterocycles. The molecule has 1 aliphatic rings. The van der Waals surface area contributed by atoms with Gasteiger partial charge in [-0.2, -0.15) is 0 Å². The van der Waals surface area contributed by atoms with Crippen LogP contribution < -0.4 is 15.6 Å². The number of para-hydroxylation sites is 1. The Labute approximate surface area is 200 Å². The van der Waals surface area contributed by atoms with Gasteiger partial charge < -0.3 is 15.1 Å². The number of amides is 1. The number of nitrogens with zero attached hydrogens (tertiary/aromatic N) is 1. The zero-order chi connectivity index (χ0) is 23.9. The van der Waals surface area contributed by atoms with Crippen molar-refractivity contribution in [2.24, 2.45) is 0 Å². The van der Waals surface area contributed by atoms with Crippen LogP contribution in [0.3, 0.4) is 0 Å². The summed E-state index contributed by atoms with van der Waals surface area (Å²) in [6.07, 6.45) is 6.23. The SMILES string of the molecule is CC(=O)CCCCC[C@H](NC(=O)Cc1c(C)[nH]c2ccccc12)C1=[N+]C=C(c2ccccc2)N1. The molecule has 0 spiro atoms. The average Bonchev–Trinajstić information content (AvgIpc) is 3.44. The van der Waals surface area contributed by atoms with Crippen molar-refractivity contribution < 1.29 is 9.59 Å². The number of ketones is 1. The number of rotatable bonds is 11. The standard InChI is InChI=1S/C28H32N4O2/c1-19(33)11-5-3-8-16-25(28-29-18-26(32-28)21-12-6-4-7-13-21)31-27(34)17-23-20(2)30-24-15-10-9-14-22(23)24/h4,6-7,9-10,12-15,18,25,30,32H,3,5,8,11,16-17H2,1-2H3,(H,31,34)/q+1/t25-/m0/s1. The van der Waals surface area contributed by atoms with Gasteiger partial charge >= 0.3 is 5.84 Å². The second-order valence-electron chi connectivity index (χ2n) is 8.92. The molecule has 6 nitrogen and oxygen atoms in total. The Morgan fingerprint density at radius 3 is 2.56 bits per heavy atom. The molecular formula is C28H32N4O2+. The van der Waals surface area contributed by atoms with Gasteiger partial charge in [-0.3, -0.25) is 4.79 Å². The fraction of sp³-hybridized carbons (Fsp3) is 0.321. The number of nitrogens with one attached hydrogen (secondary N) is 3. The van der Waals surface area contributed by atoms with E-state index in [0.29, 0.717) is 12.8 Å². The minimum Gasteiger partial charge on any atom is -0.358 e. The second-order valence-corrected chi connectivity index (χ2v) is 8.92. The van der Waals surface area contributed by atoms with Crippen LogP contribution in [0.1, 0.15) is 55.8 Å². The van der Waals surface area contributed by atoms with E-state index in [0.717, 1.165) is 64.9 Å². The Hall–Kier alpha value is -3.67. The summed E-state index contributed by atoms with van der Waals surface area (Å²) in [6, 6.07) is 17.9. The van der Waals surface area contributed by atoms with Crippen LogP contribution in [0.4, 0.5) is 0 Å². The van der Waals surface area contributed by atoms with E-state index < -0.39 is 0 Å². The molecule has 1 aliphatic heterocycles. The molecule has 0 unspecified atom stereocenters. The summed E-state index contributed by atoms with van der Waals surface area (Å²) in [7, 11) is 0. The predicted octanol–water partition coefficient (Wildman–Crippen LogP) is 4.38. The average molecular weight is 457 g/mol. The number of unbranched alkanes of at least 4 members (excludes halogenated alkanes) is 2. The molecule has 3 aromatic rings. The van der Waals surface area contributed by atoms with Crippen LogP contribution in [0.25, 0.3) is 16.6 Å². The molecule has 3 N–H and O–H groups in total. The van der Waals surface area contributed by atoms with Gasteiger partial charge in [-0.15, -0.1) is 0 Å². The highest BCUT2D eigenvalue weighted by Crippen LogP contribution is 2.22. The maximum Gasteiger partial charge on any atom is 0.319 e. The van der Waals surface area contributed by atoms with Crippen LogP contribution in [0, 0.1) is 6.92 Å². The molecule has 1 amide bonds. The fourth-order valence-electron chi connectivity index (χ4n) is 4.42. The third-order valence-electron chi connectivity index (χ3n) is 6.23. The van der Waals surface area contributed by atoms with Gasteiger partial charge in [-0.05, 0) is 43.3 Å². The smallest absolute Gasteiger partial charge is 0.319 e. The molecule has 1 aromatic heterocycles. The van der Waals surface area contributed by atoms with Crippen LogP contribution >= 0.6 is 0 Å². The molecule has 0 saturated carbocycles. The summed E-state index contributed by atoms with van der Waals surface area (Å²) < 4.78 is 0. The lowest BCUT2D eigenvalue weighted by atomic mass is 10.0. The first-order valence-electron chi connectivity index (χ1n) is 12.0. The number of aryl methyl sites for hydroxylation is 1. The van der Waals surface area contributed by atoms with Gasteiger partial charge in [-0.1, -0.05) is 61.4 Å². The lowest BCUT2D eigenvalue weighted by Gasteiger charge is -2.16. The highest BCUT2D eigenvalue weighted by atomic mass is 16.1. The van der Waals surface area contributed by atoms with Gasteiger partial charge in [0.1, 0.15) is 11.8 Å². The van der Waals surface area contributed by atoms with E-state index in [4.69, 9.17) is 0 Å². The number of H-pyrrole nitrogens is 1. The summed E-state index contributed by atoms with van der Waals surface area (Å²) >= 11 is 0. The Morgan fingerprint density at radius 1 is 1.00 bits per heavy atom. The highest BCUT2D eigenvalue weighted by Gasteiger charge is 2.31. The molecule has 34 heavy (non-hydrogen) atoms. The highest BCUT2D eigenvalue weighted by molar-refractivity contribution is 5.99. The summed E-state index contributed by atoms with van der Waals surface area (Å²) in [4.78, 5) is 32.4. The first kappa shape index (κ1) is 23.5. The van der Waals surface area contributed by atoms with E-state index in [-0.39, 0.29) is 17.7 Å². The number of benzene rings is 2. The zero-order valence-corrected chi connectivity index (χ0v) is 19.9. The quantitative estimate of drug-likeness (QED) is 0.374. The van der Waals surface area contributed by atoms with E-state index in [1.807, 2.05) is 67.7 Å². The molecule has 1 radical (unpaired) electrons. The van der Waals surface area contributed by atoms with Crippen molar-refractivity contribution in [2.75, 3.05) is 0 Å². The molecule has 0 fully saturated rings. The molecule has 6 heteroatoms. The van der Waals surface area contributed by atoms with Crippen LogP contribution in [0.15, 0.2) is 60.8 Å². The number of carbonyl (C=O) groups is 2. The molecule has 2 aromatic carbocycles. The van der Waals surface area contributed by atoms with E-state index in [2.05, 4.69) is 20.6 Å². The van der Waals surface area contributed by atoms with Gasteiger partial charge in [0.15, 0.2) is 11.9 Å². The Morgan fingerprint density at radius 2 is 1.76 bits per heavy atom. The summed E-state index contributed by atoms with van der Waals surface area (Å²) in [5.41, 5.74) is 5.07. The van der Waals surface area contributed by atoms with Gasteiger partial charge in [-0.25, -0.2) is 5.32 Å². The van der Waals surface area contributed by atoms with E-state index in [1.165, 1.54) is 0 Å². The summed E-state index contributed by atoms with van der Waals surface area (Å²) in [6.45, 7) is 3.64. The van der Waals surface area contributed by atoms with E-state index >= 15 is 0 Å². The third-order valence-corrected chi connectivity index (χ3v) is 6.23. The number of hydrogen-bond acceptors (Lipinski definition) is 4. The third kappa shape index (κ3) is 5.81. The fourth-order valence-corrected chi connectivity index (χ4v) is 4.42. The molecule has 4 rings (SSSR count). The van der Waals surface area contributed by atoms with Crippen LogP contribution in [-0.2, 0) is 16.0 Å². The predicted molar refractivity (Wildman–Crippen MR) is 137 cm³/mol. The topological polar surface area (TPSA) is 88.1 Å². The molecule has 0 aliphatic carbocycles. The van der Waals surface area contributed by atoms with Crippen molar-refractivity contribution in [1.82, 2.24) is 20.6 Å². The molecular weight excluding hydrogens is 424 g/mol. The van der Waals surface area contributed by atoms with Gasteiger partial charge in [0.05, 0.1) is 6.42 Å². The molecule has 1 atom stereocenters. The van der Waals surface area contributed by atoms with Gasteiger partial charge in [0.25, 0.3) is 0 Å². The summed E-state index contributed by atoms with van der Waals surface area (Å²) in [5, 5.41) is 7.71. The minimum absolute atomic E-state index is 0.0285. The molecule has 0 bridgehead atoms. The number of aromatic amines is 1. The maximum atomic E-state index is 13.1. The number of hydrogen-bond donors (Lipinski definition) is 3. The van der Waals surface area contributed by atoms with Crippen LogP contribution in [0.2, 0.25) is 0 Å². The van der Waals surface area contributed by atoms with Crippen LogP contribution in [-0.4, -0.2) is 28.6 Å². The Bertz CT molecular complexity index is 1220. The number of fused-ring (bicyclic) bond motifs is 1. The van der Waals surface area contributed by atoms with Crippen molar-refractivity contribution in [2.45, 2.75) is 58.4 Å². The Kier molecular flexibility index (Phi) is 7.58. The number of aliphatic imine (C=N–C) groups is 1. The van der Waals surface area contributed by atoms with E-state index in [1.54, 1.807) is 6.92 Å². The molecule has 0 saturated heterocycles. The maximum absolute atomic E-state index is 13.1. The van der Waals surface area contributed by atoms with Crippen molar-refractivity contribution in [3.63, 3.8) is 0 Å². The summed E-state index contributed by atoms with van der Waals surface area (Å²) in [5.74, 6) is 0.950. The monoisotopic (exact) mass is 456 g/mol. The van der Waals surface area contributed by atoms with Gasteiger partial charge in [0, 0.05) is 28.6 Å². The first-order chi connectivity index (χ1) is 16.5. The van der Waals surface area contributed by atoms with Crippen molar-refractivity contribution in [3.05, 3.63) is 77.6 Å². The normalized spacial score (nSPS) is 13.8. The lowest BCUT2D eigenvalue weighted by Crippen LogP contribution is -2.47. The minimum atomic E-state index is -0.215. The van der Waals surface area contributed by atoms with Crippen molar-refractivity contribution in [3.8, 4) is 0 Å². The number of amidine groups is 1. The van der Waals surface area contributed by atoms with Crippen molar-refractivity contribution >= 4 is 34.1 Å². The lowest BCUT2D eigenvalue weighted by molar-refractivity contribution is -0.120. The number of Topliss-reactive ketones (excluding diaryl/α,β-unsaturated/α-hetero) is 1. The molecule has 175 valence electrons. The Balaban J connectivity index is 1.42. The largest absolute Gasteiger partial charge is 0.358 e. The van der Waals surface area contributed by atoms with E-state index in [9.17, 15) is 9.59 Å². The number of carbonyl (C=O) groups excluding carboxylic acids is 2. The van der Waals surface area contributed by atoms with Gasteiger partial charge in [0.2, 0.25) is 5.91 Å². The zero-order valence-electron chi connectivity index (χ0n) is 19.9. The first-order valence-corrected chi connectivity index (χ1v) is 12.0.